The maximum atomic E-state index is 10.5. The van der Waals surface area contributed by atoms with Crippen LogP contribution in [0.5, 0.6) is 11.5 Å². The molecule has 4 heteroatoms. The Bertz CT molecular complexity index is 322. The molecule has 0 atom stereocenters. The van der Waals surface area contributed by atoms with Crippen LogP contribution in [0.3, 0.4) is 0 Å². The summed E-state index contributed by atoms with van der Waals surface area (Å²) in [4.78, 5) is 10.5. The van der Waals surface area contributed by atoms with E-state index in [1.807, 2.05) is 0 Å². The van der Waals surface area contributed by atoms with Gasteiger partial charge >= 0.3 is 0 Å². The van der Waals surface area contributed by atoms with Gasteiger partial charge < -0.3 is 19.0 Å². The van der Waals surface area contributed by atoms with Crippen molar-refractivity contribution in [3.8, 4) is 11.5 Å². The zero-order chi connectivity index (χ0) is 11.1. The molecule has 0 unspecified atom stereocenters. The largest absolute Gasteiger partial charge is 0.496 e. The van der Waals surface area contributed by atoms with Crippen molar-refractivity contribution >= 4 is 6.29 Å². The summed E-state index contributed by atoms with van der Waals surface area (Å²) in [5, 5.41) is 0. The molecule has 0 spiro atoms. The van der Waals surface area contributed by atoms with Gasteiger partial charge in [-0.05, 0) is 12.1 Å². The molecule has 0 saturated carbocycles. The predicted molar refractivity (Wildman–Crippen MR) is 55.3 cm³/mol. The maximum absolute atomic E-state index is 10.5. The lowest BCUT2D eigenvalue weighted by molar-refractivity contribution is -0.107. The molecule has 0 bridgehead atoms. The molecule has 0 aliphatic heterocycles. The Labute approximate surface area is 88.8 Å². The number of benzene rings is 1. The molecule has 1 aromatic rings. The third-order valence-electron chi connectivity index (χ3n) is 1.93. The van der Waals surface area contributed by atoms with Crippen molar-refractivity contribution in [2.24, 2.45) is 0 Å². The summed E-state index contributed by atoms with van der Waals surface area (Å²) in [6, 6.07) is 5.37. The summed E-state index contributed by atoms with van der Waals surface area (Å²) in [6.07, 6.45) is 1.08. The SMILES string of the molecule is COCOc1cccc(OC)c1CC=O. The van der Waals surface area contributed by atoms with Crippen molar-refractivity contribution in [2.75, 3.05) is 21.0 Å². The van der Waals surface area contributed by atoms with Crippen molar-refractivity contribution in [1.29, 1.82) is 0 Å². The first-order valence-electron chi connectivity index (χ1n) is 4.54. The summed E-state index contributed by atoms with van der Waals surface area (Å²) < 4.78 is 15.3. The molecule has 0 heterocycles. The highest BCUT2D eigenvalue weighted by Crippen LogP contribution is 2.28. The maximum Gasteiger partial charge on any atom is 0.188 e. The van der Waals surface area contributed by atoms with E-state index in [1.165, 1.54) is 0 Å². The lowest BCUT2D eigenvalue weighted by Gasteiger charge is -2.12. The van der Waals surface area contributed by atoms with Crippen LogP contribution in [0.4, 0.5) is 0 Å². The molecule has 15 heavy (non-hydrogen) atoms. The molecule has 4 nitrogen and oxygen atoms in total. The smallest absolute Gasteiger partial charge is 0.188 e. The van der Waals surface area contributed by atoms with Gasteiger partial charge in [0, 0.05) is 19.1 Å². The Morgan fingerprint density at radius 1 is 1.27 bits per heavy atom. The Balaban J connectivity index is 2.95. The zero-order valence-corrected chi connectivity index (χ0v) is 8.86. The fourth-order valence-electron chi connectivity index (χ4n) is 1.28. The average molecular weight is 210 g/mol. The van der Waals surface area contributed by atoms with Crippen LogP contribution in [0.2, 0.25) is 0 Å². The minimum atomic E-state index is 0.152. The van der Waals surface area contributed by atoms with Crippen LogP contribution in [-0.2, 0) is 16.0 Å². The minimum Gasteiger partial charge on any atom is -0.496 e. The van der Waals surface area contributed by atoms with Crippen LogP contribution < -0.4 is 9.47 Å². The first-order chi connectivity index (χ1) is 7.33. The van der Waals surface area contributed by atoms with Gasteiger partial charge in [0.2, 0.25) is 0 Å². The van der Waals surface area contributed by atoms with E-state index in [1.54, 1.807) is 32.4 Å². The van der Waals surface area contributed by atoms with Gasteiger partial charge in [-0.1, -0.05) is 6.07 Å². The summed E-state index contributed by atoms with van der Waals surface area (Å²) in [7, 11) is 3.10. The minimum absolute atomic E-state index is 0.152. The molecule has 0 aromatic heterocycles. The highest BCUT2D eigenvalue weighted by molar-refractivity contribution is 5.61. The van der Waals surface area contributed by atoms with E-state index in [9.17, 15) is 4.79 Å². The Hall–Kier alpha value is -1.55. The van der Waals surface area contributed by atoms with E-state index in [4.69, 9.17) is 14.2 Å². The average Bonchev–Trinajstić information content (AvgIpc) is 2.28. The molecule has 0 aliphatic rings. The second-order valence-electron chi connectivity index (χ2n) is 2.86. The van der Waals surface area contributed by atoms with Crippen LogP contribution in [0.15, 0.2) is 18.2 Å². The number of carbonyl (C=O) groups excluding carboxylic acids is 1. The Kier molecular flexibility index (Phi) is 4.63. The van der Waals surface area contributed by atoms with Gasteiger partial charge in [0.15, 0.2) is 6.79 Å². The number of ether oxygens (including phenoxy) is 3. The molecule has 0 amide bonds. The van der Waals surface area contributed by atoms with E-state index < -0.39 is 0 Å². The molecule has 82 valence electrons. The third-order valence-corrected chi connectivity index (χ3v) is 1.93. The van der Waals surface area contributed by atoms with Gasteiger partial charge in [0.05, 0.1) is 7.11 Å². The standard InChI is InChI=1S/C11H14O4/c1-13-8-15-11-5-3-4-10(14-2)9(11)6-7-12/h3-5,7H,6,8H2,1-2H3. The van der Waals surface area contributed by atoms with Gasteiger partial charge in [-0.3, -0.25) is 0 Å². The number of hydrogen-bond acceptors (Lipinski definition) is 4. The molecule has 1 rings (SSSR count). The second kappa shape index (κ2) is 6.03. The molecule has 0 fully saturated rings. The van der Waals surface area contributed by atoms with Crippen molar-refractivity contribution in [2.45, 2.75) is 6.42 Å². The normalized spacial score (nSPS) is 9.73. The van der Waals surface area contributed by atoms with Crippen molar-refractivity contribution in [3.05, 3.63) is 23.8 Å². The quantitative estimate of drug-likeness (QED) is 0.526. The number of aldehydes is 1. The lowest BCUT2D eigenvalue weighted by Crippen LogP contribution is -2.03. The van der Waals surface area contributed by atoms with Crippen LogP contribution in [0.25, 0.3) is 0 Å². The molecular weight excluding hydrogens is 196 g/mol. The predicted octanol–water partition coefficient (Wildman–Crippen LogP) is 1.42. The van der Waals surface area contributed by atoms with Crippen LogP contribution in [-0.4, -0.2) is 27.3 Å². The second-order valence-corrected chi connectivity index (χ2v) is 2.86. The van der Waals surface area contributed by atoms with E-state index >= 15 is 0 Å². The van der Waals surface area contributed by atoms with Crippen LogP contribution >= 0.6 is 0 Å². The first kappa shape index (κ1) is 11.5. The molecule has 0 saturated heterocycles. The fourth-order valence-corrected chi connectivity index (χ4v) is 1.28. The van der Waals surface area contributed by atoms with Gasteiger partial charge in [-0.15, -0.1) is 0 Å². The highest BCUT2D eigenvalue weighted by Gasteiger charge is 2.09. The molecular formula is C11H14O4. The van der Waals surface area contributed by atoms with Gasteiger partial charge in [0.1, 0.15) is 17.8 Å². The summed E-state index contributed by atoms with van der Waals surface area (Å²) in [6.45, 7) is 0.152. The molecule has 0 radical (unpaired) electrons. The zero-order valence-electron chi connectivity index (χ0n) is 8.86. The van der Waals surface area contributed by atoms with Crippen molar-refractivity contribution < 1.29 is 19.0 Å². The number of carbonyl (C=O) groups is 1. The monoisotopic (exact) mass is 210 g/mol. The number of hydrogen-bond donors (Lipinski definition) is 0. The molecule has 1 aromatic carbocycles. The summed E-state index contributed by atoms with van der Waals surface area (Å²) in [5.74, 6) is 1.26. The highest BCUT2D eigenvalue weighted by atomic mass is 16.7. The van der Waals surface area contributed by atoms with Gasteiger partial charge in [0.25, 0.3) is 0 Å². The Morgan fingerprint density at radius 3 is 2.60 bits per heavy atom. The van der Waals surface area contributed by atoms with Crippen molar-refractivity contribution in [1.82, 2.24) is 0 Å². The number of methoxy groups -OCH3 is 2. The molecule has 0 N–H and O–H groups in total. The van der Waals surface area contributed by atoms with E-state index in [0.29, 0.717) is 11.5 Å². The van der Waals surface area contributed by atoms with E-state index in [2.05, 4.69) is 0 Å². The topological polar surface area (TPSA) is 44.8 Å². The van der Waals surface area contributed by atoms with Crippen LogP contribution in [0.1, 0.15) is 5.56 Å². The van der Waals surface area contributed by atoms with Crippen molar-refractivity contribution in [3.63, 3.8) is 0 Å². The van der Waals surface area contributed by atoms with Gasteiger partial charge in [-0.2, -0.15) is 0 Å². The van der Waals surface area contributed by atoms with Crippen LogP contribution in [0, 0.1) is 0 Å². The Morgan fingerprint density at radius 2 is 2.00 bits per heavy atom. The lowest BCUT2D eigenvalue weighted by atomic mass is 10.1. The third kappa shape index (κ3) is 2.95. The first-order valence-corrected chi connectivity index (χ1v) is 4.54. The van der Waals surface area contributed by atoms with Gasteiger partial charge in [-0.25, -0.2) is 0 Å². The molecule has 0 aliphatic carbocycles. The van der Waals surface area contributed by atoms with E-state index in [-0.39, 0.29) is 13.2 Å². The summed E-state index contributed by atoms with van der Waals surface area (Å²) >= 11 is 0. The number of rotatable bonds is 6. The van der Waals surface area contributed by atoms with E-state index in [0.717, 1.165) is 11.8 Å². The fraction of sp³-hybridized carbons (Fsp3) is 0.364. The summed E-state index contributed by atoms with van der Waals surface area (Å²) in [5.41, 5.74) is 0.743.